The van der Waals surface area contributed by atoms with Crippen molar-refractivity contribution in [2.45, 2.75) is 145 Å². The average Bonchev–Trinajstić information content (AvgIpc) is 3.96. The minimum absolute atomic E-state index is 0.0202. The third-order valence-electron chi connectivity index (χ3n) is 13.8. The lowest BCUT2D eigenvalue weighted by atomic mass is 9.80. The van der Waals surface area contributed by atoms with Gasteiger partial charge in [-0.05, 0) is 110 Å². The third kappa shape index (κ3) is 9.74. The van der Waals surface area contributed by atoms with Gasteiger partial charge in [-0.15, -0.1) is 0 Å². The number of unbranched alkanes of at least 4 members (excludes halogenated alkanes) is 5. The van der Waals surface area contributed by atoms with Crippen molar-refractivity contribution in [1.82, 2.24) is 20.3 Å². The molecule has 6 rings (SSSR count). The van der Waals surface area contributed by atoms with Crippen molar-refractivity contribution in [2.24, 2.45) is 29.6 Å². The zero-order valence-corrected chi connectivity index (χ0v) is 37.8. The lowest BCUT2D eigenvalue weighted by Crippen LogP contribution is -2.36. The van der Waals surface area contributed by atoms with E-state index in [0.717, 1.165) is 98.5 Å². The Morgan fingerprint density at radius 2 is 1.58 bits per heavy atom. The second-order valence-electron chi connectivity index (χ2n) is 18.4. The summed E-state index contributed by atoms with van der Waals surface area (Å²) in [5.41, 5.74) is 10.1. The van der Waals surface area contributed by atoms with Crippen molar-refractivity contribution in [1.29, 1.82) is 0 Å². The van der Waals surface area contributed by atoms with E-state index in [2.05, 4.69) is 99.6 Å². The summed E-state index contributed by atoms with van der Waals surface area (Å²) in [5.74, 6) is 0.688. The fraction of sp³-hybridized carbons (Fsp3) is 0.538. The number of aliphatic hydroxyl groups is 1. The summed E-state index contributed by atoms with van der Waals surface area (Å²) in [6.45, 7) is 22.1. The van der Waals surface area contributed by atoms with Crippen molar-refractivity contribution in [2.75, 3.05) is 6.61 Å². The number of aromatic amines is 3. The number of hydrogen-bond donors (Lipinski definition) is 5. The molecule has 0 aromatic carbocycles. The van der Waals surface area contributed by atoms with Crippen LogP contribution in [0.3, 0.4) is 0 Å². The van der Waals surface area contributed by atoms with Crippen LogP contribution in [0.1, 0.15) is 157 Å². The monoisotopic (exact) mass is 817 g/mol. The van der Waals surface area contributed by atoms with Gasteiger partial charge in [-0.3, -0.25) is 4.79 Å². The highest BCUT2D eigenvalue weighted by molar-refractivity contribution is 5.88. The number of aldehydes is 1. The van der Waals surface area contributed by atoms with Crippen molar-refractivity contribution >= 4 is 47.9 Å². The van der Waals surface area contributed by atoms with Crippen LogP contribution in [-0.4, -0.2) is 45.0 Å². The Hall–Kier alpha value is -4.72. The molecule has 8 heteroatoms. The second-order valence-corrected chi connectivity index (χ2v) is 18.4. The molecule has 324 valence electrons. The molecule has 0 saturated carbocycles. The summed E-state index contributed by atoms with van der Waals surface area (Å²) in [6.07, 6.45) is 27.8. The van der Waals surface area contributed by atoms with Gasteiger partial charge in [0.2, 0.25) is 0 Å². The lowest BCUT2D eigenvalue weighted by molar-refractivity contribution is -0.142. The van der Waals surface area contributed by atoms with Gasteiger partial charge in [0.15, 0.2) is 0 Å². The molecule has 60 heavy (non-hydrogen) atoms. The molecule has 1 aliphatic carbocycles. The molecule has 1 fully saturated rings. The Kier molecular flexibility index (Phi) is 15.1. The fourth-order valence-electron chi connectivity index (χ4n) is 10.1. The van der Waals surface area contributed by atoms with Crippen LogP contribution in [0.4, 0.5) is 0 Å². The van der Waals surface area contributed by atoms with E-state index in [0.29, 0.717) is 11.6 Å². The van der Waals surface area contributed by atoms with E-state index in [-0.39, 0.29) is 42.6 Å². The number of aromatic nitrogens is 3. The van der Waals surface area contributed by atoms with Crippen molar-refractivity contribution in [3.8, 4) is 0 Å². The number of ether oxygens (including phenoxy) is 1. The van der Waals surface area contributed by atoms with Crippen molar-refractivity contribution in [3.63, 3.8) is 0 Å². The van der Waals surface area contributed by atoms with Gasteiger partial charge in [0.05, 0.1) is 17.3 Å². The Labute approximate surface area is 358 Å². The van der Waals surface area contributed by atoms with Crippen LogP contribution in [-0.2, 0) is 20.7 Å². The number of carbonyl (C=O) groups is 2. The number of hydrogen-bond acceptors (Lipinski definition) is 5. The largest absolute Gasteiger partial charge is 0.510 e. The quantitative estimate of drug-likeness (QED) is 0.0338. The van der Waals surface area contributed by atoms with E-state index in [9.17, 15) is 14.7 Å². The van der Waals surface area contributed by atoms with Crippen LogP contribution < -0.4 is 26.6 Å². The van der Waals surface area contributed by atoms with E-state index in [1.807, 2.05) is 19.1 Å². The number of nitrogens with one attached hydrogen (secondary N) is 4. The van der Waals surface area contributed by atoms with E-state index in [1.54, 1.807) is 0 Å². The molecular weight excluding hydrogens is 745 g/mol. The Bertz CT molecular complexity index is 2350. The first-order valence-electron chi connectivity index (χ1n) is 23.0. The highest BCUT2D eigenvalue weighted by Gasteiger charge is 2.44. The summed E-state index contributed by atoms with van der Waals surface area (Å²) >= 11 is 0. The van der Waals surface area contributed by atoms with Gasteiger partial charge in [0.25, 0.3) is 0 Å². The van der Waals surface area contributed by atoms with E-state index < -0.39 is 5.92 Å². The Balaban J connectivity index is 1.16. The van der Waals surface area contributed by atoms with Crippen molar-refractivity contribution in [3.05, 3.63) is 90.6 Å². The van der Waals surface area contributed by atoms with Crippen LogP contribution in [0, 0.1) is 50.4 Å². The number of aliphatic hydroxyl groups excluding tert-OH is 1. The number of rotatable bonds is 20. The van der Waals surface area contributed by atoms with Crippen LogP contribution in [0.5, 0.6) is 0 Å². The average molecular weight is 817 g/mol. The minimum Gasteiger partial charge on any atom is -0.510 e. The molecule has 0 spiro atoms. The molecule has 5 heterocycles. The summed E-state index contributed by atoms with van der Waals surface area (Å²) < 4.78 is 5.71. The molecule has 1 saturated heterocycles. The number of allylic oxidation sites excluding steroid dienone is 2. The van der Waals surface area contributed by atoms with Crippen molar-refractivity contribution < 1.29 is 19.4 Å². The molecule has 3 aliphatic rings. The molecule has 5 atom stereocenters. The number of H-pyrrole nitrogens is 3. The standard InChI is InChI=1S/C52H72N4O4/c1-10-37-33(6)41-27-43-35(8)39(24-25-47(58)60-26-19-17-15-13-12-14-16-18-22-32(5)23-20-21-31(3)4)50(55-43)49-40(30-57)52(59)48-36(9)44(56-51(48)49)29-46-38(11-2)34(7)42(54-46)28-45(37)53-41/h10,17,19,27-32,35,39-40,50,53-56,59H,1,11-16,18,20-26H2,2-9H3/b19-17+,42-28-,43-27-,46-29-/t32-,35-,39-,40+,50?/m0/s1. The van der Waals surface area contributed by atoms with E-state index >= 15 is 0 Å². The molecule has 5 N–H and O–H groups in total. The highest BCUT2D eigenvalue weighted by Crippen LogP contribution is 2.41. The molecule has 0 amide bonds. The second kappa shape index (κ2) is 20.2. The molecule has 8 nitrogen and oxygen atoms in total. The topological polar surface area (TPSA) is 123 Å². The molecule has 3 aromatic heterocycles. The summed E-state index contributed by atoms with van der Waals surface area (Å²) in [4.78, 5) is 37.1. The maximum Gasteiger partial charge on any atom is 0.306 e. The zero-order chi connectivity index (χ0) is 43.1. The number of esters is 1. The van der Waals surface area contributed by atoms with Gasteiger partial charge in [0, 0.05) is 56.6 Å². The first-order valence-corrected chi connectivity index (χ1v) is 23.0. The molecule has 1 unspecified atom stereocenters. The maximum absolute atomic E-state index is 13.2. The first-order chi connectivity index (χ1) is 28.9. The Morgan fingerprint density at radius 3 is 2.32 bits per heavy atom. The van der Waals surface area contributed by atoms with Crippen LogP contribution in [0.15, 0.2) is 24.4 Å². The van der Waals surface area contributed by atoms with Gasteiger partial charge in [0.1, 0.15) is 18.7 Å². The number of carbonyl (C=O) groups excluding carboxylic acids is 2. The maximum atomic E-state index is 13.2. The Morgan fingerprint density at radius 1 is 0.867 bits per heavy atom. The SMILES string of the molecule is C=Cc1c2[nH]c(c1C)/C=C1\NC(C3=c4[nH]c(c(C)c4=C(O)[C@@H]3C=O)/C=c3\[nH]/c(c(C)c3CC)=C\2)[C@@H](CCC(=O)OC/C=C/CCCCCCC[C@H](C)CCCC(C)C)[C@@H]1C. The molecule has 0 radical (unpaired) electrons. The smallest absolute Gasteiger partial charge is 0.306 e. The van der Waals surface area contributed by atoms with Gasteiger partial charge >= 0.3 is 5.97 Å². The van der Waals surface area contributed by atoms with Crippen LogP contribution in [0.25, 0.3) is 35.6 Å². The number of fused-ring (bicyclic) bond motifs is 8. The fourth-order valence-corrected chi connectivity index (χ4v) is 10.1. The van der Waals surface area contributed by atoms with Gasteiger partial charge in [-0.2, -0.15) is 0 Å². The van der Waals surface area contributed by atoms with E-state index in [4.69, 9.17) is 4.74 Å². The van der Waals surface area contributed by atoms with Gasteiger partial charge in [-0.1, -0.05) is 111 Å². The minimum atomic E-state index is -0.791. The first kappa shape index (κ1) is 44.8. The summed E-state index contributed by atoms with van der Waals surface area (Å²) in [7, 11) is 0. The summed E-state index contributed by atoms with van der Waals surface area (Å²) in [5, 5.41) is 19.0. The van der Waals surface area contributed by atoms with Gasteiger partial charge in [-0.25, -0.2) is 0 Å². The zero-order valence-electron chi connectivity index (χ0n) is 37.8. The van der Waals surface area contributed by atoms with Crippen LogP contribution in [0.2, 0.25) is 0 Å². The predicted molar refractivity (Wildman–Crippen MR) is 248 cm³/mol. The highest BCUT2D eigenvalue weighted by atomic mass is 16.5. The molecule has 3 aromatic rings. The van der Waals surface area contributed by atoms with E-state index in [1.165, 1.54) is 62.5 Å². The predicted octanol–water partition coefficient (Wildman–Crippen LogP) is 8.76. The normalized spacial score (nSPS) is 22.0. The molecule has 2 aliphatic heterocycles. The van der Waals surface area contributed by atoms with Gasteiger partial charge < -0.3 is 34.9 Å². The van der Waals surface area contributed by atoms with Crippen LogP contribution >= 0.6 is 0 Å². The lowest BCUT2D eigenvalue weighted by Gasteiger charge is -2.25. The molecule has 8 bridgehead atoms. The third-order valence-corrected chi connectivity index (χ3v) is 13.8. The summed E-state index contributed by atoms with van der Waals surface area (Å²) in [6, 6.07) is -0.305. The molecular formula is C52H72N4O4.